The molecule has 0 aliphatic carbocycles. The molecule has 4 heterocycles. The fourth-order valence-corrected chi connectivity index (χ4v) is 3.26. The highest BCUT2D eigenvalue weighted by Gasteiger charge is 2.50. The summed E-state index contributed by atoms with van der Waals surface area (Å²) in [6.45, 7) is 1.74. The first kappa shape index (κ1) is 15.0. The van der Waals surface area contributed by atoms with Crippen LogP contribution in [0.3, 0.4) is 0 Å². The quantitative estimate of drug-likeness (QED) is 0.847. The van der Waals surface area contributed by atoms with Crippen molar-refractivity contribution in [2.24, 2.45) is 0 Å². The summed E-state index contributed by atoms with van der Waals surface area (Å²) < 4.78 is 12.0. The van der Waals surface area contributed by atoms with Gasteiger partial charge in [0.15, 0.2) is 0 Å². The van der Waals surface area contributed by atoms with Crippen molar-refractivity contribution in [2.75, 3.05) is 19.7 Å². The fourth-order valence-electron chi connectivity index (χ4n) is 3.26. The molecule has 4 rings (SSSR count). The van der Waals surface area contributed by atoms with Gasteiger partial charge in [0, 0.05) is 31.4 Å². The fraction of sp³-hybridized carbons (Fsp3) is 0.412. The molecule has 0 bridgehead atoms. The number of rotatable bonds is 3. The Morgan fingerprint density at radius 1 is 1.25 bits per heavy atom. The summed E-state index contributed by atoms with van der Waals surface area (Å²) in [5, 5.41) is 0. The Labute approximate surface area is 139 Å². The molecule has 124 valence electrons. The van der Waals surface area contributed by atoms with Gasteiger partial charge in [-0.25, -0.2) is 9.97 Å². The highest BCUT2D eigenvalue weighted by molar-refractivity contribution is 5.91. The molecule has 2 fully saturated rings. The van der Waals surface area contributed by atoms with Crippen LogP contribution >= 0.6 is 0 Å². The second-order valence-electron chi connectivity index (χ2n) is 6.19. The van der Waals surface area contributed by atoms with Gasteiger partial charge in [-0.3, -0.25) is 9.78 Å². The van der Waals surface area contributed by atoms with E-state index in [0.717, 1.165) is 18.6 Å². The monoisotopic (exact) mass is 326 g/mol. The molecule has 0 aromatic carbocycles. The Kier molecular flexibility index (Phi) is 3.86. The number of carbonyl (C=O) groups excluding carboxylic acids is 1. The zero-order valence-electron chi connectivity index (χ0n) is 13.2. The Bertz CT molecular complexity index is 704. The number of aromatic nitrogens is 3. The van der Waals surface area contributed by atoms with Crippen LogP contribution < -0.4 is 4.74 Å². The lowest BCUT2D eigenvalue weighted by Gasteiger charge is -2.52. The minimum Gasteiger partial charge on any atom is -0.489 e. The summed E-state index contributed by atoms with van der Waals surface area (Å²) in [6, 6.07) is 5.45. The van der Waals surface area contributed by atoms with Crippen LogP contribution in [0.5, 0.6) is 5.75 Å². The number of hydrogen-bond acceptors (Lipinski definition) is 6. The Morgan fingerprint density at radius 2 is 2.08 bits per heavy atom. The van der Waals surface area contributed by atoms with Crippen molar-refractivity contribution < 1.29 is 14.3 Å². The maximum absolute atomic E-state index is 12.3. The topological polar surface area (TPSA) is 77.4 Å². The molecule has 2 aliphatic rings. The molecule has 1 atom stereocenters. The SMILES string of the molecule is O=C(c1ncccn1)N1CC2(C[C@@H](Oc3cccnc3)CCO2)C1. The predicted octanol–water partition coefficient (Wildman–Crippen LogP) is 1.32. The van der Waals surface area contributed by atoms with Gasteiger partial charge >= 0.3 is 0 Å². The molecule has 0 saturated carbocycles. The van der Waals surface area contributed by atoms with Crippen molar-refractivity contribution in [1.29, 1.82) is 0 Å². The third-order valence-corrected chi connectivity index (χ3v) is 4.39. The number of ether oxygens (including phenoxy) is 2. The van der Waals surface area contributed by atoms with Crippen molar-refractivity contribution >= 4 is 5.91 Å². The van der Waals surface area contributed by atoms with E-state index in [1.807, 2.05) is 12.1 Å². The molecule has 0 radical (unpaired) electrons. The van der Waals surface area contributed by atoms with E-state index < -0.39 is 0 Å². The maximum atomic E-state index is 12.3. The molecule has 0 N–H and O–H groups in total. The molecule has 0 unspecified atom stereocenters. The average Bonchev–Trinajstić information content (AvgIpc) is 2.61. The Hall–Kier alpha value is -2.54. The number of amides is 1. The van der Waals surface area contributed by atoms with Gasteiger partial charge in [0.25, 0.3) is 5.91 Å². The highest BCUT2D eigenvalue weighted by Crippen LogP contribution is 2.36. The van der Waals surface area contributed by atoms with Crippen LogP contribution in [0.2, 0.25) is 0 Å². The van der Waals surface area contributed by atoms with Crippen molar-refractivity contribution in [3.63, 3.8) is 0 Å². The zero-order valence-corrected chi connectivity index (χ0v) is 13.2. The van der Waals surface area contributed by atoms with Gasteiger partial charge in [-0.05, 0) is 18.2 Å². The summed E-state index contributed by atoms with van der Waals surface area (Å²) in [5.41, 5.74) is -0.310. The molecule has 1 spiro atoms. The first-order valence-electron chi connectivity index (χ1n) is 8.01. The minimum atomic E-state index is -0.310. The summed E-state index contributed by atoms with van der Waals surface area (Å²) >= 11 is 0. The van der Waals surface area contributed by atoms with Gasteiger partial charge in [-0.15, -0.1) is 0 Å². The first-order chi connectivity index (χ1) is 11.7. The van der Waals surface area contributed by atoms with E-state index in [0.29, 0.717) is 19.7 Å². The lowest BCUT2D eigenvalue weighted by molar-refractivity contribution is -0.173. The Balaban J connectivity index is 1.36. The van der Waals surface area contributed by atoms with Crippen LogP contribution in [0, 0.1) is 0 Å². The largest absolute Gasteiger partial charge is 0.489 e. The normalized spacial score (nSPS) is 22.0. The van der Waals surface area contributed by atoms with E-state index in [-0.39, 0.29) is 23.4 Å². The number of pyridine rings is 1. The molecular formula is C17H18N4O3. The number of likely N-dealkylation sites (tertiary alicyclic amines) is 1. The van der Waals surface area contributed by atoms with Gasteiger partial charge in [-0.1, -0.05) is 0 Å². The molecule has 7 nitrogen and oxygen atoms in total. The molecule has 2 aromatic heterocycles. The van der Waals surface area contributed by atoms with Crippen molar-refractivity contribution in [3.8, 4) is 5.75 Å². The summed E-state index contributed by atoms with van der Waals surface area (Å²) in [7, 11) is 0. The summed E-state index contributed by atoms with van der Waals surface area (Å²) in [6.07, 6.45) is 8.27. The standard InChI is InChI=1S/C17H18N4O3/c22-16(15-19-6-2-7-20-15)21-11-17(12-21)9-13(4-8-23-17)24-14-3-1-5-18-10-14/h1-3,5-7,10,13H,4,8-9,11-12H2/t13-/m0/s1. The molecule has 7 heteroatoms. The van der Waals surface area contributed by atoms with Crippen LogP contribution in [-0.2, 0) is 4.74 Å². The first-order valence-corrected chi connectivity index (χ1v) is 8.01. The zero-order chi connectivity index (χ0) is 16.4. The molecular weight excluding hydrogens is 308 g/mol. The molecule has 2 saturated heterocycles. The number of carbonyl (C=O) groups is 1. The van der Waals surface area contributed by atoms with Gasteiger partial charge in [0.05, 0.1) is 25.9 Å². The second-order valence-corrected chi connectivity index (χ2v) is 6.19. The van der Waals surface area contributed by atoms with Gasteiger partial charge in [0.1, 0.15) is 17.5 Å². The smallest absolute Gasteiger partial charge is 0.291 e. The van der Waals surface area contributed by atoms with Crippen LogP contribution in [0.4, 0.5) is 0 Å². The average molecular weight is 326 g/mol. The maximum Gasteiger partial charge on any atom is 0.291 e. The van der Waals surface area contributed by atoms with E-state index in [4.69, 9.17) is 9.47 Å². The third-order valence-electron chi connectivity index (χ3n) is 4.39. The number of hydrogen-bond donors (Lipinski definition) is 0. The lowest BCUT2D eigenvalue weighted by Crippen LogP contribution is -2.67. The number of nitrogens with zero attached hydrogens (tertiary/aromatic N) is 4. The Morgan fingerprint density at radius 3 is 2.83 bits per heavy atom. The second kappa shape index (κ2) is 6.16. The minimum absolute atomic E-state index is 0.0770. The van der Waals surface area contributed by atoms with Crippen LogP contribution in [0.1, 0.15) is 23.5 Å². The van der Waals surface area contributed by atoms with E-state index in [1.54, 1.807) is 35.8 Å². The van der Waals surface area contributed by atoms with Crippen LogP contribution in [0.15, 0.2) is 43.0 Å². The third kappa shape index (κ3) is 2.94. The highest BCUT2D eigenvalue weighted by atomic mass is 16.5. The van der Waals surface area contributed by atoms with E-state index in [2.05, 4.69) is 15.0 Å². The predicted molar refractivity (Wildman–Crippen MR) is 84.5 cm³/mol. The van der Waals surface area contributed by atoms with E-state index >= 15 is 0 Å². The summed E-state index contributed by atoms with van der Waals surface area (Å²) in [5.74, 6) is 0.843. The van der Waals surface area contributed by atoms with Crippen LogP contribution in [-0.4, -0.2) is 57.2 Å². The molecule has 24 heavy (non-hydrogen) atoms. The van der Waals surface area contributed by atoms with Crippen molar-refractivity contribution in [1.82, 2.24) is 19.9 Å². The van der Waals surface area contributed by atoms with E-state index in [1.165, 1.54) is 0 Å². The van der Waals surface area contributed by atoms with Crippen molar-refractivity contribution in [2.45, 2.75) is 24.5 Å². The lowest BCUT2D eigenvalue weighted by atomic mass is 9.84. The molecule has 1 amide bonds. The van der Waals surface area contributed by atoms with Crippen LogP contribution in [0.25, 0.3) is 0 Å². The molecule has 2 aromatic rings. The van der Waals surface area contributed by atoms with Gasteiger partial charge < -0.3 is 14.4 Å². The van der Waals surface area contributed by atoms with E-state index in [9.17, 15) is 4.79 Å². The van der Waals surface area contributed by atoms with Crippen molar-refractivity contribution in [3.05, 3.63) is 48.8 Å². The molecule has 2 aliphatic heterocycles. The van der Waals surface area contributed by atoms with Gasteiger partial charge in [-0.2, -0.15) is 0 Å². The summed E-state index contributed by atoms with van der Waals surface area (Å²) in [4.78, 5) is 26.1. The van der Waals surface area contributed by atoms with Gasteiger partial charge in [0.2, 0.25) is 5.82 Å².